The largest absolute Gasteiger partial charge is 0.324 e. The average molecular weight is 490 g/mol. The Morgan fingerprint density at radius 2 is 1.97 bits per heavy atom. The van der Waals surface area contributed by atoms with Gasteiger partial charge in [0.2, 0.25) is 0 Å². The van der Waals surface area contributed by atoms with Gasteiger partial charge in [0.1, 0.15) is 11.3 Å². The zero-order valence-electron chi connectivity index (χ0n) is 18.9. The summed E-state index contributed by atoms with van der Waals surface area (Å²) >= 11 is 0. The fourth-order valence-electron chi connectivity index (χ4n) is 4.80. The lowest BCUT2D eigenvalue weighted by molar-refractivity contribution is 0.190. The molecule has 0 saturated carbocycles. The molecule has 0 radical (unpaired) electrons. The first-order valence-electron chi connectivity index (χ1n) is 11.3. The van der Waals surface area contributed by atoms with Gasteiger partial charge in [0, 0.05) is 48.6 Å². The third kappa shape index (κ3) is 4.10. The van der Waals surface area contributed by atoms with Crippen LogP contribution >= 0.6 is 0 Å². The molecule has 0 unspecified atom stereocenters. The van der Waals surface area contributed by atoms with Crippen LogP contribution in [0.3, 0.4) is 0 Å². The Bertz CT molecular complexity index is 1570. The number of aromatic nitrogens is 4. The third-order valence-corrected chi connectivity index (χ3v) is 8.12. The highest BCUT2D eigenvalue weighted by Gasteiger charge is 2.27. The van der Waals surface area contributed by atoms with Crippen LogP contribution in [0.2, 0.25) is 0 Å². The minimum atomic E-state index is -3.83. The molecule has 0 aliphatic carbocycles. The molecule has 5 rings (SSSR count). The molecule has 35 heavy (non-hydrogen) atoms. The standard InChI is InChI=1S/C23H23N9O2S/c24-10-4-11-30-12-7-17(8-13-30)32-21(16-27-29-25)28-20-15-26-23-19(22(20)32)9-14-31(23)35(33,34)18-5-2-1-3-6-18/h1-3,5-6,9,14-15,17H,4,7-8,11-13,16H2. The van der Waals surface area contributed by atoms with E-state index in [2.05, 4.69) is 30.5 Å². The van der Waals surface area contributed by atoms with Gasteiger partial charge in [-0.2, -0.15) is 5.26 Å². The van der Waals surface area contributed by atoms with Crippen molar-refractivity contribution in [2.45, 2.75) is 36.7 Å². The summed E-state index contributed by atoms with van der Waals surface area (Å²) in [5.74, 6) is 0.626. The lowest BCUT2D eigenvalue weighted by atomic mass is 10.0. The number of nitrogens with zero attached hydrogens (tertiary/aromatic N) is 9. The highest BCUT2D eigenvalue weighted by atomic mass is 32.2. The van der Waals surface area contributed by atoms with E-state index in [0.29, 0.717) is 28.8 Å². The maximum absolute atomic E-state index is 13.3. The fourth-order valence-corrected chi connectivity index (χ4v) is 6.13. The molecule has 1 aliphatic heterocycles. The number of likely N-dealkylation sites (tertiary alicyclic amines) is 1. The number of fused-ring (bicyclic) bond motifs is 3. The van der Waals surface area contributed by atoms with E-state index in [9.17, 15) is 8.42 Å². The number of hydrogen-bond donors (Lipinski definition) is 0. The molecule has 11 nitrogen and oxygen atoms in total. The zero-order valence-corrected chi connectivity index (χ0v) is 19.7. The van der Waals surface area contributed by atoms with Crippen LogP contribution in [0.15, 0.2) is 58.8 Å². The van der Waals surface area contributed by atoms with Crippen LogP contribution in [0, 0.1) is 11.3 Å². The molecule has 0 bridgehead atoms. The highest BCUT2D eigenvalue weighted by Crippen LogP contribution is 2.34. The topological polar surface area (TPSA) is 146 Å². The first-order chi connectivity index (χ1) is 17.0. The first-order valence-corrected chi connectivity index (χ1v) is 12.8. The van der Waals surface area contributed by atoms with Crippen LogP contribution in [0.1, 0.15) is 31.1 Å². The minimum absolute atomic E-state index is 0.0876. The lowest BCUT2D eigenvalue weighted by Crippen LogP contribution is -2.35. The minimum Gasteiger partial charge on any atom is -0.324 e. The molecule has 4 heterocycles. The van der Waals surface area contributed by atoms with E-state index in [-0.39, 0.29) is 17.5 Å². The number of hydrogen-bond acceptors (Lipinski definition) is 7. The predicted molar refractivity (Wildman–Crippen MR) is 130 cm³/mol. The fraction of sp³-hybridized carbons (Fsp3) is 0.348. The summed E-state index contributed by atoms with van der Waals surface area (Å²) in [4.78, 5) is 14.5. The smallest absolute Gasteiger partial charge is 0.269 e. The Hall–Kier alpha value is -3.91. The molecule has 3 aromatic heterocycles. The van der Waals surface area contributed by atoms with Gasteiger partial charge >= 0.3 is 0 Å². The van der Waals surface area contributed by atoms with Crippen LogP contribution in [-0.2, 0) is 16.6 Å². The molecule has 12 heteroatoms. The maximum atomic E-state index is 13.3. The summed E-state index contributed by atoms with van der Waals surface area (Å²) in [6, 6.07) is 12.3. The molecule has 0 N–H and O–H groups in total. The van der Waals surface area contributed by atoms with Crippen LogP contribution in [0.5, 0.6) is 0 Å². The van der Waals surface area contributed by atoms with Crippen LogP contribution in [0.4, 0.5) is 0 Å². The van der Waals surface area contributed by atoms with E-state index in [1.165, 1.54) is 10.2 Å². The summed E-state index contributed by atoms with van der Waals surface area (Å²) in [5, 5.41) is 13.3. The zero-order chi connectivity index (χ0) is 24.4. The van der Waals surface area contributed by atoms with Gasteiger partial charge in [0.15, 0.2) is 5.65 Å². The van der Waals surface area contributed by atoms with Crippen molar-refractivity contribution in [2.75, 3.05) is 19.6 Å². The predicted octanol–water partition coefficient (Wildman–Crippen LogP) is 3.98. The van der Waals surface area contributed by atoms with Gasteiger partial charge < -0.3 is 9.47 Å². The Kier molecular flexibility index (Phi) is 6.13. The quantitative estimate of drug-likeness (QED) is 0.218. The SMILES string of the molecule is N#CCCN1CCC(n2c(CN=[N+]=[N-])nc3cnc4c(ccn4S(=O)(=O)c4ccccc4)c32)CC1. The first kappa shape index (κ1) is 22.9. The second-order valence-electron chi connectivity index (χ2n) is 8.43. The van der Waals surface area contributed by atoms with Gasteiger partial charge in [-0.3, -0.25) is 0 Å². The van der Waals surface area contributed by atoms with Crippen LogP contribution in [-0.4, -0.2) is 51.5 Å². The molecule has 0 atom stereocenters. The Labute approximate surface area is 201 Å². The van der Waals surface area contributed by atoms with E-state index in [4.69, 9.17) is 15.8 Å². The van der Waals surface area contributed by atoms with Crippen LogP contribution < -0.4 is 0 Å². The normalized spacial score (nSPS) is 15.3. The maximum Gasteiger partial charge on any atom is 0.269 e. The van der Waals surface area contributed by atoms with E-state index in [0.717, 1.165) is 38.0 Å². The van der Waals surface area contributed by atoms with Crippen molar-refractivity contribution >= 4 is 32.1 Å². The molecule has 1 saturated heterocycles. The number of nitriles is 1. The van der Waals surface area contributed by atoms with Crippen molar-refractivity contribution in [2.24, 2.45) is 5.11 Å². The van der Waals surface area contributed by atoms with Crippen LogP contribution in [0.25, 0.3) is 32.5 Å². The number of imidazole rings is 1. The number of piperidine rings is 1. The van der Waals surface area contributed by atoms with E-state index >= 15 is 0 Å². The average Bonchev–Trinajstić information content (AvgIpc) is 3.49. The summed E-state index contributed by atoms with van der Waals surface area (Å²) in [7, 11) is -3.83. The van der Waals surface area contributed by atoms with E-state index in [1.54, 1.807) is 42.6 Å². The molecule has 0 amide bonds. The van der Waals surface area contributed by atoms with Crippen molar-refractivity contribution in [1.29, 1.82) is 5.26 Å². The van der Waals surface area contributed by atoms with Gasteiger partial charge in [-0.1, -0.05) is 23.3 Å². The molecular weight excluding hydrogens is 466 g/mol. The molecular formula is C23H23N9O2S. The molecule has 0 spiro atoms. The van der Waals surface area contributed by atoms with Crippen molar-refractivity contribution in [3.63, 3.8) is 0 Å². The summed E-state index contributed by atoms with van der Waals surface area (Å²) < 4.78 is 29.9. The molecule has 1 aliphatic rings. The monoisotopic (exact) mass is 489 g/mol. The summed E-state index contributed by atoms with van der Waals surface area (Å²) in [6.45, 7) is 2.51. The molecule has 178 valence electrons. The van der Waals surface area contributed by atoms with Crippen molar-refractivity contribution in [3.05, 3.63) is 65.1 Å². The summed E-state index contributed by atoms with van der Waals surface area (Å²) in [5.41, 5.74) is 10.6. The van der Waals surface area contributed by atoms with Gasteiger partial charge in [-0.05, 0) is 36.6 Å². The number of benzene rings is 1. The second-order valence-corrected chi connectivity index (χ2v) is 10.2. The Morgan fingerprint density at radius 1 is 1.20 bits per heavy atom. The van der Waals surface area contributed by atoms with Crippen molar-refractivity contribution in [1.82, 2.24) is 23.4 Å². The van der Waals surface area contributed by atoms with Gasteiger partial charge in [0.05, 0.1) is 29.2 Å². The number of azide groups is 1. The number of pyridine rings is 1. The van der Waals surface area contributed by atoms with Gasteiger partial charge in [0.25, 0.3) is 10.0 Å². The van der Waals surface area contributed by atoms with E-state index < -0.39 is 10.0 Å². The van der Waals surface area contributed by atoms with E-state index in [1.807, 2.05) is 0 Å². The second kappa shape index (κ2) is 9.38. The Balaban J connectivity index is 1.62. The molecule has 1 fully saturated rings. The van der Waals surface area contributed by atoms with Crippen molar-refractivity contribution < 1.29 is 8.42 Å². The van der Waals surface area contributed by atoms with Gasteiger partial charge in [-0.25, -0.2) is 22.4 Å². The summed E-state index contributed by atoms with van der Waals surface area (Å²) in [6.07, 6.45) is 5.28. The number of rotatable bonds is 7. The lowest BCUT2D eigenvalue weighted by Gasteiger charge is -2.33. The Morgan fingerprint density at radius 3 is 2.69 bits per heavy atom. The third-order valence-electron chi connectivity index (χ3n) is 6.44. The van der Waals surface area contributed by atoms with Crippen molar-refractivity contribution in [3.8, 4) is 6.07 Å². The van der Waals surface area contributed by atoms with Gasteiger partial charge in [-0.15, -0.1) is 0 Å². The molecule has 1 aromatic carbocycles. The molecule has 4 aromatic rings. The highest BCUT2D eigenvalue weighted by molar-refractivity contribution is 7.90.